The fraction of sp³-hybridized carbons (Fsp3) is 0.238. The molecule has 0 aliphatic rings. The maximum Gasteiger partial charge on any atom is 0.264 e. The van der Waals surface area contributed by atoms with Gasteiger partial charge < -0.3 is 4.74 Å². The second-order valence-electron chi connectivity index (χ2n) is 6.47. The maximum absolute atomic E-state index is 12.2. The lowest BCUT2D eigenvalue weighted by Gasteiger charge is -2.13. The third kappa shape index (κ3) is 5.55. The fourth-order valence-electron chi connectivity index (χ4n) is 2.68. The molecule has 0 aliphatic carbocycles. The van der Waals surface area contributed by atoms with Crippen molar-refractivity contribution in [1.29, 1.82) is 0 Å². The van der Waals surface area contributed by atoms with Crippen LogP contribution in [-0.2, 0) is 11.2 Å². The van der Waals surface area contributed by atoms with Crippen molar-refractivity contribution in [2.45, 2.75) is 26.2 Å². The highest BCUT2D eigenvalue weighted by molar-refractivity contribution is 7.15. The minimum atomic E-state index is -0.225. The van der Waals surface area contributed by atoms with Crippen LogP contribution in [0.3, 0.4) is 0 Å². The zero-order chi connectivity index (χ0) is 19.2. The SMILES string of the molecule is CC(C)c1ccccc1OCC(=O)Nc1ncc(Cc2cccc(Cl)c2)s1. The van der Waals surface area contributed by atoms with Crippen LogP contribution in [0.5, 0.6) is 5.75 Å². The van der Waals surface area contributed by atoms with Gasteiger partial charge in [-0.1, -0.05) is 55.8 Å². The highest BCUT2D eigenvalue weighted by Crippen LogP contribution is 2.26. The number of nitrogens with one attached hydrogen (secondary N) is 1. The average molecular weight is 401 g/mol. The van der Waals surface area contributed by atoms with Gasteiger partial charge in [-0.05, 0) is 35.2 Å². The number of ether oxygens (including phenoxy) is 1. The molecule has 1 aromatic heterocycles. The van der Waals surface area contributed by atoms with Crippen molar-refractivity contribution >= 4 is 34.0 Å². The summed E-state index contributed by atoms with van der Waals surface area (Å²) in [6.07, 6.45) is 2.50. The van der Waals surface area contributed by atoms with E-state index in [0.717, 1.165) is 28.2 Å². The molecular formula is C21H21ClN2O2S. The molecule has 0 bridgehead atoms. The summed E-state index contributed by atoms with van der Waals surface area (Å²) in [5.74, 6) is 0.845. The molecule has 1 heterocycles. The zero-order valence-corrected chi connectivity index (χ0v) is 16.8. The first-order valence-electron chi connectivity index (χ1n) is 8.72. The smallest absolute Gasteiger partial charge is 0.264 e. The summed E-state index contributed by atoms with van der Waals surface area (Å²) in [5.41, 5.74) is 2.20. The monoisotopic (exact) mass is 400 g/mol. The number of rotatable bonds is 7. The van der Waals surface area contributed by atoms with Gasteiger partial charge in [-0.2, -0.15) is 0 Å². The fourth-order valence-corrected chi connectivity index (χ4v) is 3.76. The predicted octanol–water partition coefficient (Wildman–Crippen LogP) is 5.53. The number of aromatic nitrogens is 1. The zero-order valence-electron chi connectivity index (χ0n) is 15.2. The van der Waals surface area contributed by atoms with Crippen molar-refractivity contribution in [2.75, 3.05) is 11.9 Å². The van der Waals surface area contributed by atoms with Gasteiger partial charge in [0, 0.05) is 22.5 Å². The third-order valence-electron chi connectivity index (χ3n) is 3.97. The van der Waals surface area contributed by atoms with E-state index in [2.05, 4.69) is 24.1 Å². The third-order valence-corrected chi connectivity index (χ3v) is 5.11. The first-order valence-corrected chi connectivity index (χ1v) is 9.91. The molecule has 0 radical (unpaired) electrons. The molecule has 6 heteroatoms. The van der Waals surface area contributed by atoms with Gasteiger partial charge in [-0.25, -0.2) is 4.98 Å². The Hall–Kier alpha value is -2.37. The number of carbonyl (C=O) groups excluding carboxylic acids is 1. The Balaban J connectivity index is 1.55. The van der Waals surface area contributed by atoms with E-state index in [4.69, 9.17) is 16.3 Å². The number of nitrogens with zero attached hydrogens (tertiary/aromatic N) is 1. The molecule has 3 aromatic rings. The maximum atomic E-state index is 12.2. The van der Waals surface area contributed by atoms with Crippen molar-refractivity contribution in [3.05, 3.63) is 75.8 Å². The van der Waals surface area contributed by atoms with Gasteiger partial charge in [0.25, 0.3) is 5.91 Å². The summed E-state index contributed by atoms with van der Waals surface area (Å²) in [5, 5.41) is 4.08. The normalized spacial score (nSPS) is 10.8. The number of amides is 1. The van der Waals surface area contributed by atoms with Gasteiger partial charge in [0.1, 0.15) is 5.75 Å². The van der Waals surface area contributed by atoms with Crippen LogP contribution >= 0.6 is 22.9 Å². The van der Waals surface area contributed by atoms with Gasteiger partial charge in [0.2, 0.25) is 0 Å². The molecule has 2 aromatic carbocycles. The lowest BCUT2D eigenvalue weighted by Crippen LogP contribution is -2.20. The van der Waals surface area contributed by atoms with E-state index in [1.807, 2.05) is 48.5 Å². The van der Waals surface area contributed by atoms with Crippen molar-refractivity contribution in [2.24, 2.45) is 0 Å². The van der Waals surface area contributed by atoms with E-state index in [-0.39, 0.29) is 12.5 Å². The molecule has 1 N–H and O–H groups in total. The van der Waals surface area contributed by atoms with Crippen LogP contribution in [0.15, 0.2) is 54.7 Å². The predicted molar refractivity (Wildman–Crippen MR) is 111 cm³/mol. The van der Waals surface area contributed by atoms with Gasteiger partial charge in [0.05, 0.1) is 0 Å². The number of halogens is 1. The van der Waals surface area contributed by atoms with Crippen molar-refractivity contribution in [3.8, 4) is 5.75 Å². The standard InChI is InChI=1S/C21H21ClN2O2S/c1-14(2)18-8-3-4-9-19(18)26-13-20(25)24-21-23-12-17(27-21)11-15-6-5-7-16(22)10-15/h3-10,12,14H,11,13H2,1-2H3,(H,23,24,25). The minimum absolute atomic E-state index is 0.0487. The molecule has 0 saturated heterocycles. The number of para-hydroxylation sites is 1. The van der Waals surface area contributed by atoms with E-state index in [1.165, 1.54) is 11.3 Å². The Bertz CT molecular complexity index is 924. The van der Waals surface area contributed by atoms with Gasteiger partial charge in [-0.15, -0.1) is 11.3 Å². The first kappa shape index (κ1) is 19.4. The number of carbonyl (C=O) groups is 1. The Labute approximate surface area is 168 Å². The second kappa shape index (κ2) is 9.02. The molecule has 0 aliphatic heterocycles. The van der Waals surface area contributed by atoms with Crippen LogP contribution in [0.4, 0.5) is 5.13 Å². The Morgan fingerprint density at radius 1 is 1.22 bits per heavy atom. The van der Waals surface area contributed by atoms with Gasteiger partial charge in [-0.3, -0.25) is 10.1 Å². The van der Waals surface area contributed by atoms with E-state index < -0.39 is 0 Å². The summed E-state index contributed by atoms with van der Waals surface area (Å²) in [4.78, 5) is 17.5. The van der Waals surface area contributed by atoms with Crippen LogP contribution < -0.4 is 10.1 Å². The molecule has 4 nitrogen and oxygen atoms in total. The molecule has 1 amide bonds. The van der Waals surface area contributed by atoms with Crippen molar-refractivity contribution in [1.82, 2.24) is 4.98 Å². The van der Waals surface area contributed by atoms with Crippen LogP contribution in [-0.4, -0.2) is 17.5 Å². The van der Waals surface area contributed by atoms with E-state index >= 15 is 0 Å². The van der Waals surface area contributed by atoms with E-state index in [0.29, 0.717) is 16.1 Å². The Kier molecular flexibility index (Phi) is 6.48. The Morgan fingerprint density at radius 3 is 2.81 bits per heavy atom. The van der Waals surface area contributed by atoms with E-state index in [1.54, 1.807) is 6.20 Å². The highest BCUT2D eigenvalue weighted by atomic mass is 35.5. The summed E-state index contributed by atoms with van der Waals surface area (Å²) in [6, 6.07) is 15.5. The molecule has 0 fully saturated rings. The Morgan fingerprint density at radius 2 is 2.04 bits per heavy atom. The van der Waals surface area contributed by atoms with Gasteiger partial charge in [0.15, 0.2) is 11.7 Å². The molecular weight excluding hydrogens is 380 g/mol. The number of benzene rings is 2. The number of anilines is 1. The topological polar surface area (TPSA) is 51.2 Å². The quantitative estimate of drug-likeness (QED) is 0.567. The average Bonchev–Trinajstić information content (AvgIpc) is 3.07. The molecule has 0 spiro atoms. The number of hydrogen-bond acceptors (Lipinski definition) is 4. The largest absolute Gasteiger partial charge is 0.483 e. The first-order chi connectivity index (χ1) is 13.0. The molecule has 0 atom stereocenters. The molecule has 27 heavy (non-hydrogen) atoms. The summed E-state index contributed by atoms with van der Waals surface area (Å²) in [7, 11) is 0. The molecule has 0 saturated carbocycles. The minimum Gasteiger partial charge on any atom is -0.483 e. The lowest BCUT2D eigenvalue weighted by atomic mass is 10.0. The van der Waals surface area contributed by atoms with Crippen molar-refractivity contribution < 1.29 is 9.53 Å². The summed E-state index contributed by atoms with van der Waals surface area (Å²) in [6.45, 7) is 4.14. The van der Waals surface area contributed by atoms with Gasteiger partial charge >= 0.3 is 0 Å². The highest BCUT2D eigenvalue weighted by Gasteiger charge is 2.11. The van der Waals surface area contributed by atoms with E-state index in [9.17, 15) is 4.79 Å². The molecule has 0 unspecified atom stereocenters. The van der Waals surface area contributed by atoms with Crippen molar-refractivity contribution in [3.63, 3.8) is 0 Å². The number of thiazole rings is 1. The summed E-state index contributed by atoms with van der Waals surface area (Å²) >= 11 is 7.47. The number of hydrogen-bond donors (Lipinski definition) is 1. The molecule has 3 rings (SSSR count). The van der Waals surface area contributed by atoms with Crippen LogP contribution in [0.1, 0.15) is 35.8 Å². The second-order valence-corrected chi connectivity index (χ2v) is 8.02. The summed E-state index contributed by atoms with van der Waals surface area (Å²) < 4.78 is 5.70. The van der Waals surface area contributed by atoms with Crippen LogP contribution in [0.25, 0.3) is 0 Å². The molecule has 140 valence electrons. The van der Waals surface area contributed by atoms with Crippen LogP contribution in [0, 0.1) is 0 Å². The lowest BCUT2D eigenvalue weighted by molar-refractivity contribution is -0.118. The van der Waals surface area contributed by atoms with Crippen LogP contribution in [0.2, 0.25) is 5.02 Å².